The lowest BCUT2D eigenvalue weighted by molar-refractivity contribution is -0.138. The van der Waals surface area contributed by atoms with E-state index in [1.165, 1.54) is 0 Å². The first-order valence-corrected chi connectivity index (χ1v) is 3.76. The van der Waals surface area contributed by atoms with Crippen molar-refractivity contribution in [2.75, 3.05) is 6.54 Å². The number of hydrogen-bond acceptors (Lipinski definition) is 4. The lowest BCUT2D eigenvalue weighted by Gasteiger charge is -2.03. The lowest BCUT2D eigenvalue weighted by atomic mass is 10.2. The molecule has 7 N–H and O–H groups in total. The van der Waals surface area contributed by atoms with Gasteiger partial charge in [0.05, 0.1) is 0 Å². The number of hydroxylamine groups is 1. The van der Waals surface area contributed by atoms with Crippen LogP contribution in [0.3, 0.4) is 0 Å². The van der Waals surface area contributed by atoms with E-state index < -0.39 is 12.0 Å². The third-order valence-electron chi connectivity index (χ3n) is 1.39. The van der Waals surface area contributed by atoms with Crippen LogP contribution < -0.4 is 16.9 Å². The van der Waals surface area contributed by atoms with Crippen LogP contribution in [-0.2, 0) is 4.79 Å². The molecule has 0 unspecified atom stereocenters. The first-order valence-electron chi connectivity index (χ1n) is 3.76. The molecule has 0 saturated heterocycles. The van der Waals surface area contributed by atoms with E-state index in [0.717, 1.165) is 0 Å². The summed E-state index contributed by atoms with van der Waals surface area (Å²) in [4.78, 5) is 13.9. The Morgan fingerprint density at radius 3 is 2.57 bits per heavy atom. The Bertz CT molecular complexity index is 200. The van der Waals surface area contributed by atoms with Gasteiger partial charge in [0.15, 0.2) is 0 Å². The van der Waals surface area contributed by atoms with Crippen LogP contribution in [0.4, 0.5) is 0 Å². The largest absolute Gasteiger partial charge is 0.480 e. The van der Waals surface area contributed by atoms with Gasteiger partial charge in [-0.2, -0.15) is 0 Å². The Hall–Kier alpha value is -1.05. The van der Waals surface area contributed by atoms with Gasteiger partial charge in [0, 0.05) is 6.54 Å². The zero-order valence-corrected chi connectivity index (χ0v) is 8.33. The van der Waals surface area contributed by atoms with Crippen LogP contribution in [0.15, 0.2) is 4.99 Å². The van der Waals surface area contributed by atoms with Crippen molar-refractivity contribution in [3.8, 4) is 0 Å². The first-order chi connectivity index (χ1) is 6.07. The van der Waals surface area contributed by atoms with Gasteiger partial charge in [0.25, 0.3) is 0 Å². The van der Waals surface area contributed by atoms with Gasteiger partial charge < -0.3 is 16.6 Å². The molecule has 0 fully saturated rings. The molecule has 84 valence electrons. The number of carbonyl (C=O) groups is 1. The lowest BCUT2D eigenvalue weighted by Crippen LogP contribution is -2.30. The molecule has 0 aromatic carbocycles. The number of nitrogens with one attached hydrogen (secondary N) is 1. The van der Waals surface area contributed by atoms with Crippen molar-refractivity contribution in [3.05, 3.63) is 0 Å². The second-order valence-electron chi connectivity index (χ2n) is 2.47. The minimum Gasteiger partial charge on any atom is -0.480 e. The highest BCUT2D eigenvalue weighted by Gasteiger charge is 2.09. The molecule has 0 aliphatic rings. The van der Waals surface area contributed by atoms with Crippen LogP contribution in [0.2, 0.25) is 0 Å². The quantitative estimate of drug-likeness (QED) is 0.175. The number of hydrogen-bond donors (Lipinski definition) is 5. The molecule has 0 heterocycles. The number of guanidine groups is 1. The van der Waals surface area contributed by atoms with Gasteiger partial charge in [0.1, 0.15) is 6.04 Å². The predicted molar refractivity (Wildman–Crippen MR) is 53.5 cm³/mol. The van der Waals surface area contributed by atoms with Gasteiger partial charge in [0.2, 0.25) is 5.96 Å². The molecule has 0 amide bonds. The summed E-state index contributed by atoms with van der Waals surface area (Å²) >= 11 is 0. The molecule has 0 radical (unpaired) electrons. The van der Waals surface area contributed by atoms with E-state index >= 15 is 0 Å². The van der Waals surface area contributed by atoms with E-state index in [1.54, 1.807) is 5.48 Å². The average molecular weight is 227 g/mol. The number of nitrogens with zero attached hydrogens (tertiary/aromatic N) is 1. The molecule has 0 aliphatic heterocycles. The average Bonchev–Trinajstić information content (AvgIpc) is 2.11. The second-order valence-corrected chi connectivity index (χ2v) is 2.47. The number of nitrogens with two attached hydrogens (primary N) is 2. The number of aliphatic imine (C=N–C) groups is 1. The fourth-order valence-electron chi connectivity index (χ4n) is 0.670. The molecule has 0 aromatic rings. The molecule has 1 atom stereocenters. The minimum atomic E-state index is -1.03. The van der Waals surface area contributed by atoms with Gasteiger partial charge in [-0.1, -0.05) is 0 Å². The number of carboxylic acid groups (broad SMARTS) is 1. The van der Waals surface area contributed by atoms with Crippen LogP contribution in [0.25, 0.3) is 0 Å². The van der Waals surface area contributed by atoms with Crippen LogP contribution in [0, 0.1) is 0 Å². The Morgan fingerprint density at radius 2 is 2.14 bits per heavy atom. The number of aliphatic carboxylic acids is 1. The summed E-state index contributed by atoms with van der Waals surface area (Å²) < 4.78 is 0. The van der Waals surface area contributed by atoms with Gasteiger partial charge in [-0.15, -0.1) is 12.4 Å². The van der Waals surface area contributed by atoms with Crippen molar-refractivity contribution < 1.29 is 15.1 Å². The zero-order chi connectivity index (χ0) is 10.3. The molecule has 0 rings (SSSR count). The SMILES string of the molecule is Cl.NC(=NCCC[C@H](N)C(=O)O)NO. The van der Waals surface area contributed by atoms with E-state index in [-0.39, 0.29) is 18.4 Å². The first kappa shape index (κ1) is 15.4. The smallest absolute Gasteiger partial charge is 0.320 e. The molecule has 8 heteroatoms. The summed E-state index contributed by atoms with van der Waals surface area (Å²) in [6.45, 7) is 0.334. The Labute approximate surface area is 87.5 Å². The highest BCUT2D eigenvalue weighted by atomic mass is 35.5. The molecule has 0 saturated carbocycles. The highest BCUT2D eigenvalue weighted by Crippen LogP contribution is 1.94. The summed E-state index contributed by atoms with van der Waals surface area (Å²) in [7, 11) is 0. The molecule has 0 aromatic heterocycles. The topological polar surface area (TPSA) is 134 Å². The predicted octanol–water partition coefficient (Wildman–Crippen LogP) is -1.11. The van der Waals surface area contributed by atoms with E-state index in [2.05, 4.69) is 4.99 Å². The molecular formula is C6H15ClN4O3. The number of carboxylic acids is 1. The molecule has 0 bridgehead atoms. The van der Waals surface area contributed by atoms with Crippen LogP contribution >= 0.6 is 12.4 Å². The fourth-order valence-corrected chi connectivity index (χ4v) is 0.670. The van der Waals surface area contributed by atoms with Crippen LogP contribution in [0.5, 0.6) is 0 Å². The van der Waals surface area contributed by atoms with E-state index in [9.17, 15) is 4.79 Å². The normalized spacial score (nSPS) is 12.9. The van der Waals surface area contributed by atoms with E-state index in [4.69, 9.17) is 21.8 Å². The van der Waals surface area contributed by atoms with Crippen molar-refractivity contribution in [1.82, 2.24) is 5.48 Å². The molecular weight excluding hydrogens is 212 g/mol. The maximum atomic E-state index is 10.2. The third kappa shape index (κ3) is 7.59. The summed E-state index contributed by atoms with van der Waals surface area (Å²) in [6.07, 6.45) is 0.841. The van der Waals surface area contributed by atoms with Crippen molar-refractivity contribution in [2.45, 2.75) is 18.9 Å². The van der Waals surface area contributed by atoms with E-state index in [0.29, 0.717) is 19.4 Å². The highest BCUT2D eigenvalue weighted by molar-refractivity contribution is 5.85. The van der Waals surface area contributed by atoms with Crippen LogP contribution in [0.1, 0.15) is 12.8 Å². The van der Waals surface area contributed by atoms with Crippen molar-refractivity contribution in [1.29, 1.82) is 0 Å². The standard InChI is InChI=1S/C6H14N4O3.ClH/c7-4(5(11)12)2-1-3-9-6(8)10-13;/h4,13H,1-3,7H2,(H,11,12)(H3,8,9,10);1H/t4-;/m0./s1. The second kappa shape index (κ2) is 8.54. The van der Waals surface area contributed by atoms with Gasteiger partial charge in [-0.25, -0.2) is 5.48 Å². The Morgan fingerprint density at radius 1 is 1.57 bits per heavy atom. The molecule has 0 spiro atoms. The number of rotatable bonds is 5. The van der Waals surface area contributed by atoms with Crippen molar-refractivity contribution >= 4 is 24.3 Å². The monoisotopic (exact) mass is 226 g/mol. The van der Waals surface area contributed by atoms with E-state index in [1.807, 2.05) is 0 Å². The third-order valence-corrected chi connectivity index (χ3v) is 1.39. The number of halogens is 1. The van der Waals surface area contributed by atoms with Crippen LogP contribution in [-0.4, -0.2) is 34.8 Å². The molecule has 14 heavy (non-hydrogen) atoms. The fraction of sp³-hybridized carbons (Fsp3) is 0.667. The maximum absolute atomic E-state index is 10.2. The summed E-state index contributed by atoms with van der Waals surface area (Å²) in [5.41, 5.74) is 12.0. The minimum absolute atomic E-state index is 0. The molecule has 7 nitrogen and oxygen atoms in total. The Kier molecular flexibility index (Phi) is 9.41. The summed E-state index contributed by atoms with van der Waals surface area (Å²) in [6, 6.07) is -0.862. The van der Waals surface area contributed by atoms with Gasteiger partial charge >= 0.3 is 5.97 Å². The maximum Gasteiger partial charge on any atom is 0.320 e. The zero-order valence-electron chi connectivity index (χ0n) is 7.51. The van der Waals surface area contributed by atoms with Gasteiger partial charge in [-0.3, -0.25) is 15.0 Å². The summed E-state index contributed by atoms with van der Waals surface area (Å²) in [5.74, 6) is -1.12. The van der Waals surface area contributed by atoms with Crippen molar-refractivity contribution in [3.63, 3.8) is 0 Å². The molecule has 0 aliphatic carbocycles. The Balaban J connectivity index is 0. The van der Waals surface area contributed by atoms with Crippen molar-refractivity contribution in [2.24, 2.45) is 16.5 Å². The van der Waals surface area contributed by atoms with Gasteiger partial charge in [-0.05, 0) is 12.8 Å². The summed E-state index contributed by atoms with van der Waals surface area (Å²) in [5, 5.41) is 16.6.